The van der Waals surface area contributed by atoms with Gasteiger partial charge in [-0.3, -0.25) is 14.4 Å². The van der Waals surface area contributed by atoms with Gasteiger partial charge < -0.3 is 15.2 Å². The number of carbonyl (C=O) groups is 3. The molecule has 0 aromatic heterocycles. The quantitative estimate of drug-likeness (QED) is 0.0452. The molecule has 1 atom stereocenters. The van der Waals surface area contributed by atoms with Crippen molar-refractivity contribution in [3.8, 4) is 0 Å². The van der Waals surface area contributed by atoms with Gasteiger partial charge in [0.25, 0.3) is 0 Å². The lowest BCUT2D eigenvalue weighted by atomic mass is 10.0. The van der Waals surface area contributed by atoms with Crippen molar-refractivity contribution in [3.63, 3.8) is 0 Å². The molecule has 0 bridgehead atoms. The van der Waals surface area contributed by atoms with E-state index in [4.69, 9.17) is 15.2 Å². The van der Waals surface area contributed by atoms with Crippen molar-refractivity contribution in [1.82, 2.24) is 0 Å². The Morgan fingerprint density at radius 2 is 0.791 bits per heavy atom. The molecular formula is C37H71NO5. The minimum Gasteiger partial charge on any atom is -0.465 e. The fourth-order valence-electron chi connectivity index (χ4n) is 5.48. The number of rotatable bonds is 33. The zero-order valence-electron chi connectivity index (χ0n) is 28.6. The van der Waals surface area contributed by atoms with Gasteiger partial charge in [0.2, 0.25) is 0 Å². The fraction of sp³-hybridized carbons (Fsp3) is 0.919. The van der Waals surface area contributed by atoms with E-state index < -0.39 is 23.9 Å². The fourth-order valence-corrected chi connectivity index (χ4v) is 5.48. The molecule has 0 radical (unpaired) electrons. The Balaban J connectivity index is 3.43. The van der Waals surface area contributed by atoms with Crippen LogP contribution in [0, 0.1) is 0 Å². The summed E-state index contributed by atoms with van der Waals surface area (Å²) in [6.45, 7) is 4.82. The number of hydrogen-bond donors (Lipinski definition) is 1. The van der Waals surface area contributed by atoms with Gasteiger partial charge in [-0.25, -0.2) is 0 Å². The van der Waals surface area contributed by atoms with Gasteiger partial charge >= 0.3 is 17.9 Å². The highest BCUT2D eigenvalue weighted by Crippen LogP contribution is 2.15. The Labute approximate surface area is 266 Å². The molecule has 0 saturated carbocycles. The summed E-state index contributed by atoms with van der Waals surface area (Å²) >= 11 is 0. The lowest BCUT2D eigenvalue weighted by molar-refractivity contribution is -0.159. The number of esters is 3. The number of hydrogen-bond acceptors (Lipinski definition) is 6. The Morgan fingerprint density at radius 3 is 1.19 bits per heavy atom. The molecule has 0 aliphatic rings. The molecule has 43 heavy (non-hydrogen) atoms. The molecule has 0 amide bonds. The molecule has 0 fully saturated rings. The van der Waals surface area contributed by atoms with Crippen molar-refractivity contribution in [3.05, 3.63) is 0 Å². The van der Waals surface area contributed by atoms with E-state index >= 15 is 0 Å². The maximum Gasteiger partial charge on any atom is 0.322 e. The van der Waals surface area contributed by atoms with Gasteiger partial charge in [0.15, 0.2) is 0 Å². The van der Waals surface area contributed by atoms with E-state index in [1.54, 1.807) is 0 Å². The van der Waals surface area contributed by atoms with Crippen molar-refractivity contribution in [1.29, 1.82) is 0 Å². The Kier molecular flexibility index (Phi) is 32.3. The molecule has 6 heteroatoms. The normalized spacial score (nSPS) is 11.9. The molecular weight excluding hydrogens is 538 g/mol. The van der Waals surface area contributed by atoms with Crippen LogP contribution in [0.5, 0.6) is 0 Å². The van der Waals surface area contributed by atoms with Crippen LogP contribution in [-0.4, -0.2) is 30.6 Å². The van der Waals surface area contributed by atoms with E-state index in [0.29, 0.717) is 6.61 Å². The van der Waals surface area contributed by atoms with Gasteiger partial charge in [-0.15, -0.1) is 0 Å². The van der Waals surface area contributed by atoms with Gasteiger partial charge in [0, 0.05) is 12.8 Å². The molecule has 0 rings (SSSR count). The van der Waals surface area contributed by atoms with E-state index in [-0.39, 0.29) is 19.3 Å². The molecule has 0 saturated heterocycles. The van der Waals surface area contributed by atoms with Crippen LogP contribution in [-0.2, 0) is 23.9 Å². The molecule has 0 aliphatic heterocycles. The lowest BCUT2D eigenvalue weighted by Crippen LogP contribution is -2.33. The molecule has 6 nitrogen and oxygen atoms in total. The predicted octanol–water partition coefficient (Wildman–Crippen LogP) is 10.7. The van der Waals surface area contributed by atoms with E-state index in [1.165, 1.54) is 135 Å². The van der Waals surface area contributed by atoms with Gasteiger partial charge in [-0.05, 0) is 19.3 Å². The first-order valence-electron chi connectivity index (χ1n) is 18.7. The van der Waals surface area contributed by atoms with Crippen molar-refractivity contribution in [2.24, 2.45) is 5.73 Å². The van der Waals surface area contributed by atoms with Crippen LogP contribution in [0.15, 0.2) is 0 Å². The third kappa shape index (κ3) is 31.8. The van der Waals surface area contributed by atoms with E-state index in [1.807, 2.05) is 0 Å². The maximum atomic E-state index is 12.0. The van der Waals surface area contributed by atoms with Crippen molar-refractivity contribution < 1.29 is 23.9 Å². The zero-order chi connectivity index (χ0) is 31.6. The van der Waals surface area contributed by atoms with Crippen LogP contribution in [0.4, 0.5) is 0 Å². The highest BCUT2D eigenvalue weighted by molar-refractivity contribution is 5.85. The molecule has 0 spiro atoms. The molecule has 0 unspecified atom stereocenters. The van der Waals surface area contributed by atoms with Crippen LogP contribution in [0.2, 0.25) is 0 Å². The molecule has 0 aliphatic carbocycles. The largest absolute Gasteiger partial charge is 0.465 e. The summed E-state index contributed by atoms with van der Waals surface area (Å²) in [5.74, 6) is -1.60. The van der Waals surface area contributed by atoms with Crippen LogP contribution in [0.1, 0.15) is 206 Å². The molecule has 0 aromatic carbocycles. The Hall–Kier alpha value is -1.43. The summed E-state index contributed by atoms with van der Waals surface area (Å²) in [4.78, 5) is 35.8. The average molecular weight is 610 g/mol. The topological polar surface area (TPSA) is 95.7 Å². The highest BCUT2D eigenvalue weighted by Gasteiger charge is 2.18. The SMILES string of the molecule is CCCCCCCCCCCCCCCCCCCCCCCC(=O)OC(=O)CC[C@H](N)C(=O)OCCCCCCCC. The van der Waals surface area contributed by atoms with Gasteiger partial charge in [-0.1, -0.05) is 174 Å². The molecule has 2 N–H and O–H groups in total. The summed E-state index contributed by atoms with van der Waals surface area (Å²) in [6, 6.07) is -0.864. The predicted molar refractivity (Wildman–Crippen MR) is 180 cm³/mol. The first kappa shape index (κ1) is 41.6. The number of nitrogens with two attached hydrogens (primary N) is 1. The van der Waals surface area contributed by atoms with E-state index in [9.17, 15) is 14.4 Å². The van der Waals surface area contributed by atoms with Crippen molar-refractivity contribution in [2.45, 2.75) is 213 Å². The summed E-state index contributed by atoms with van der Waals surface area (Å²) in [5.41, 5.74) is 5.83. The summed E-state index contributed by atoms with van der Waals surface area (Å²) in [5, 5.41) is 0. The number of unbranched alkanes of at least 4 members (excludes halogenated alkanes) is 25. The standard InChI is InChI=1S/C37H71NO5/c1-3-5-7-9-11-12-13-14-15-16-17-18-19-20-21-22-23-24-25-26-28-30-35(39)43-36(40)32-31-34(38)37(41)42-33-29-27-10-8-6-4-2/h34H,3-33,38H2,1-2H3/t34-/m0/s1. The van der Waals surface area contributed by atoms with E-state index in [2.05, 4.69) is 13.8 Å². The second-order valence-corrected chi connectivity index (χ2v) is 12.7. The Bertz CT molecular complexity index is 638. The average Bonchev–Trinajstić information content (AvgIpc) is 3.00. The lowest BCUT2D eigenvalue weighted by Gasteiger charge is -2.11. The number of carbonyl (C=O) groups excluding carboxylic acids is 3. The highest BCUT2D eigenvalue weighted by atomic mass is 16.6. The van der Waals surface area contributed by atoms with Crippen LogP contribution >= 0.6 is 0 Å². The van der Waals surface area contributed by atoms with Crippen molar-refractivity contribution in [2.75, 3.05) is 6.61 Å². The zero-order valence-corrected chi connectivity index (χ0v) is 28.6. The summed E-state index contributed by atoms with van der Waals surface area (Å²) < 4.78 is 10.1. The first-order valence-corrected chi connectivity index (χ1v) is 18.7. The number of ether oxygens (including phenoxy) is 2. The third-order valence-corrected chi connectivity index (χ3v) is 8.42. The second-order valence-electron chi connectivity index (χ2n) is 12.7. The van der Waals surface area contributed by atoms with Gasteiger partial charge in [0.05, 0.1) is 6.61 Å². The maximum absolute atomic E-state index is 12.0. The third-order valence-electron chi connectivity index (χ3n) is 8.42. The monoisotopic (exact) mass is 610 g/mol. The molecule has 0 heterocycles. The van der Waals surface area contributed by atoms with Crippen LogP contribution < -0.4 is 5.73 Å². The minimum absolute atomic E-state index is 0.0572. The first-order chi connectivity index (χ1) is 21.0. The second kappa shape index (κ2) is 33.5. The van der Waals surface area contributed by atoms with E-state index in [0.717, 1.165) is 38.5 Å². The van der Waals surface area contributed by atoms with Crippen molar-refractivity contribution >= 4 is 17.9 Å². The Morgan fingerprint density at radius 1 is 0.465 bits per heavy atom. The smallest absolute Gasteiger partial charge is 0.322 e. The van der Waals surface area contributed by atoms with Crippen LogP contribution in [0.25, 0.3) is 0 Å². The molecule has 254 valence electrons. The minimum atomic E-state index is -0.864. The van der Waals surface area contributed by atoms with Gasteiger partial charge in [-0.2, -0.15) is 0 Å². The summed E-state index contributed by atoms with van der Waals surface area (Å²) in [7, 11) is 0. The van der Waals surface area contributed by atoms with Gasteiger partial charge in [0.1, 0.15) is 6.04 Å². The van der Waals surface area contributed by atoms with Crippen LogP contribution in [0.3, 0.4) is 0 Å². The molecule has 0 aromatic rings. The summed E-state index contributed by atoms with van der Waals surface area (Å²) in [6.07, 6.45) is 34.7.